The Bertz CT molecular complexity index is 1250. The third-order valence-corrected chi connectivity index (χ3v) is 5.31. The molecule has 1 amide bonds. The molecule has 0 fully saturated rings. The fourth-order valence-corrected chi connectivity index (χ4v) is 3.60. The van der Waals surface area contributed by atoms with Crippen molar-refractivity contribution in [1.29, 1.82) is 0 Å². The van der Waals surface area contributed by atoms with Crippen LogP contribution in [-0.4, -0.2) is 28.5 Å². The van der Waals surface area contributed by atoms with Gasteiger partial charge in [0.15, 0.2) is 0 Å². The smallest absolute Gasteiger partial charge is 0.271 e. The Morgan fingerprint density at radius 2 is 1.88 bits per heavy atom. The van der Waals surface area contributed by atoms with Crippen LogP contribution in [-0.2, 0) is 0 Å². The number of nitrogens with one attached hydrogen (secondary N) is 1. The molecule has 0 saturated carbocycles. The topological polar surface area (TPSA) is 68.5 Å². The molecule has 4 aromatic rings. The summed E-state index contributed by atoms with van der Waals surface area (Å²) in [6.07, 6.45) is 4.45. The van der Waals surface area contributed by atoms with E-state index >= 15 is 0 Å². The molecule has 1 heterocycles. The summed E-state index contributed by atoms with van der Waals surface area (Å²) >= 11 is 3.38. The van der Waals surface area contributed by atoms with Gasteiger partial charge in [0.1, 0.15) is 11.4 Å². The number of rotatable bonds is 8. The molecule has 0 spiro atoms. The highest BCUT2D eigenvalue weighted by molar-refractivity contribution is 9.10. The number of ether oxygens (including phenoxy) is 1. The van der Waals surface area contributed by atoms with Crippen LogP contribution >= 0.6 is 15.9 Å². The zero-order valence-electron chi connectivity index (χ0n) is 18.1. The van der Waals surface area contributed by atoms with Gasteiger partial charge in [0.25, 0.3) is 5.91 Å². The van der Waals surface area contributed by atoms with Gasteiger partial charge in [-0.3, -0.25) is 4.79 Å². The zero-order valence-corrected chi connectivity index (χ0v) is 19.7. The highest BCUT2D eigenvalue weighted by Crippen LogP contribution is 2.25. The Morgan fingerprint density at radius 1 is 1.09 bits per heavy atom. The second-order valence-corrected chi connectivity index (χ2v) is 8.21. The highest BCUT2D eigenvalue weighted by atomic mass is 79.9. The minimum Gasteiger partial charge on any atom is -0.494 e. The summed E-state index contributed by atoms with van der Waals surface area (Å²) in [4.78, 5) is 12.4. The molecule has 4 rings (SSSR count). The highest BCUT2D eigenvalue weighted by Gasteiger charge is 2.12. The van der Waals surface area contributed by atoms with Crippen molar-refractivity contribution in [2.45, 2.75) is 13.3 Å². The lowest BCUT2D eigenvalue weighted by Crippen LogP contribution is -2.17. The lowest BCUT2D eigenvalue weighted by Gasteiger charge is -2.05. The van der Waals surface area contributed by atoms with E-state index in [0.29, 0.717) is 12.2 Å². The minimum absolute atomic E-state index is 0.290. The maximum Gasteiger partial charge on any atom is 0.271 e. The number of hydrogen-bond acceptors (Lipinski definition) is 4. The number of carbonyl (C=O) groups is 1. The average Bonchev–Trinajstić information content (AvgIpc) is 3.28. The van der Waals surface area contributed by atoms with Crippen LogP contribution in [0.2, 0.25) is 0 Å². The zero-order chi connectivity index (χ0) is 23.0. The number of para-hydroxylation sites is 1. The van der Waals surface area contributed by atoms with E-state index in [-0.39, 0.29) is 5.91 Å². The van der Waals surface area contributed by atoms with Crippen molar-refractivity contribution in [3.63, 3.8) is 0 Å². The van der Waals surface area contributed by atoms with Crippen LogP contribution in [0.25, 0.3) is 16.9 Å². The summed E-state index contributed by atoms with van der Waals surface area (Å²) in [5.41, 5.74) is 6.48. The normalized spacial score (nSPS) is 11.0. The molecule has 0 radical (unpaired) electrons. The van der Waals surface area contributed by atoms with Gasteiger partial charge in [0, 0.05) is 27.4 Å². The molecule has 1 aromatic heterocycles. The van der Waals surface area contributed by atoms with Crippen LogP contribution in [0.1, 0.15) is 29.3 Å². The average molecular weight is 503 g/mol. The molecule has 7 heteroatoms. The number of amides is 1. The van der Waals surface area contributed by atoms with Gasteiger partial charge >= 0.3 is 0 Å². The summed E-state index contributed by atoms with van der Waals surface area (Å²) in [6, 6.07) is 24.8. The summed E-state index contributed by atoms with van der Waals surface area (Å²) in [5, 5.41) is 8.96. The molecule has 0 bridgehead atoms. The van der Waals surface area contributed by atoms with Crippen molar-refractivity contribution in [2.75, 3.05) is 6.61 Å². The van der Waals surface area contributed by atoms with Crippen LogP contribution < -0.4 is 10.2 Å². The molecule has 1 N–H and O–H groups in total. The van der Waals surface area contributed by atoms with E-state index in [1.54, 1.807) is 29.1 Å². The minimum atomic E-state index is -0.290. The first-order valence-electron chi connectivity index (χ1n) is 10.6. The van der Waals surface area contributed by atoms with Gasteiger partial charge < -0.3 is 4.74 Å². The largest absolute Gasteiger partial charge is 0.494 e. The van der Waals surface area contributed by atoms with Gasteiger partial charge in [-0.15, -0.1) is 0 Å². The van der Waals surface area contributed by atoms with Crippen LogP contribution in [0, 0.1) is 0 Å². The lowest BCUT2D eigenvalue weighted by molar-refractivity contribution is 0.0955. The molecule has 0 aliphatic carbocycles. The number of benzene rings is 3. The van der Waals surface area contributed by atoms with Crippen molar-refractivity contribution in [1.82, 2.24) is 15.2 Å². The molecule has 0 aliphatic heterocycles. The van der Waals surface area contributed by atoms with Crippen molar-refractivity contribution < 1.29 is 9.53 Å². The van der Waals surface area contributed by atoms with Gasteiger partial charge in [-0.1, -0.05) is 47.1 Å². The van der Waals surface area contributed by atoms with Gasteiger partial charge in [0.05, 0.1) is 18.5 Å². The van der Waals surface area contributed by atoms with Crippen LogP contribution in [0.15, 0.2) is 94.6 Å². The fourth-order valence-electron chi connectivity index (χ4n) is 3.20. The molecule has 0 unspecified atom stereocenters. The van der Waals surface area contributed by atoms with E-state index < -0.39 is 0 Å². The van der Waals surface area contributed by atoms with Crippen molar-refractivity contribution >= 4 is 28.1 Å². The molecular formula is C26H23BrN4O2. The van der Waals surface area contributed by atoms with E-state index in [2.05, 4.69) is 33.4 Å². The molecule has 33 heavy (non-hydrogen) atoms. The van der Waals surface area contributed by atoms with Crippen molar-refractivity contribution in [2.24, 2.45) is 5.10 Å². The second kappa shape index (κ2) is 10.7. The first-order valence-corrected chi connectivity index (χ1v) is 11.4. The fraction of sp³-hybridized carbons (Fsp3) is 0.115. The number of carbonyl (C=O) groups excluding carboxylic acids is 1. The third kappa shape index (κ3) is 5.75. The second-order valence-electron chi connectivity index (χ2n) is 7.30. The van der Waals surface area contributed by atoms with E-state index in [1.165, 1.54) is 0 Å². The van der Waals surface area contributed by atoms with E-state index in [9.17, 15) is 4.79 Å². The maximum absolute atomic E-state index is 12.4. The summed E-state index contributed by atoms with van der Waals surface area (Å²) in [7, 11) is 0. The maximum atomic E-state index is 12.4. The SMILES string of the molecule is CCCOc1ccc(-c2nn(-c3ccccc3)cc2/C=N\NC(=O)c2cccc(Br)c2)cc1. The number of halogens is 1. The van der Waals surface area contributed by atoms with Crippen molar-refractivity contribution in [3.8, 4) is 22.7 Å². The van der Waals surface area contributed by atoms with Crippen LogP contribution in [0.4, 0.5) is 0 Å². The van der Waals surface area contributed by atoms with Gasteiger partial charge in [-0.05, 0) is 61.0 Å². The van der Waals surface area contributed by atoms with Crippen molar-refractivity contribution in [3.05, 3.63) is 101 Å². The standard InChI is InChI=1S/C26H23BrN4O2/c1-2-15-33-24-13-11-19(12-14-24)25-21(18-31(30-25)23-9-4-3-5-10-23)17-28-29-26(32)20-7-6-8-22(27)16-20/h3-14,16-18H,2,15H2,1H3,(H,29,32)/b28-17-. The first-order chi connectivity index (χ1) is 16.1. The Labute approximate surface area is 201 Å². The number of hydrogen-bond donors (Lipinski definition) is 1. The number of hydrazone groups is 1. The summed E-state index contributed by atoms with van der Waals surface area (Å²) in [5.74, 6) is 0.529. The molecular weight excluding hydrogens is 480 g/mol. The van der Waals surface area contributed by atoms with Gasteiger partial charge in [-0.25, -0.2) is 10.1 Å². The van der Waals surface area contributed by atoms with Gasteiger partial charge in [0.2, 0.25) is 0 Å². The molecule has 0 aliphatic rings. The van der Waals surface area contributed by atoms with Crippen LogP contribution in [0.3, 0.4) is 0 Å². The molecule has 0 atom stereocenters. The Hall–Kier alpha value is -3.71. The quantitative estimate of drug-likeness (QED) is 0.242. The first kappa shape index (κ1) is 22.5. The van der Waals surface area contributed by atoms with E-state index in [0.717, 1.165) is 39.2 Å². The third-order valence-electron chi connectivity index (χ3n) is 4.82. The molecule has 6 nitrogen and oxygen atoms in total. The monoisotopic (exact) mass is 502 g/mol. The summed E-state index contributed by atoms with van der Waals surface area (Å²) < 4.78 is 8.32. The predicted molar refractivity (Wildman–Crippen MR) is 134 cm³/mol. The van der Waals surface area contributed by atoms with Gasteiger partial charge in [-0.2, -0.15) is 10.2 Å². The summed E-state index contributed by atoms with van der Waals surface area (Å²) in [6.45, 7) is 2.75. The van der Waals surface area contributed by atoms with Crippen LogP contribution in [0.5, 0.6) is 5.75 Å². The molecule has 166 valence electrons. The number of nitrogens with zero attached hydrogens (tertiary/aromatic N) is 3. The Kier molecular flexibility index (Phi) is 7.32. The Balaban J connectivity index is 1.61. The Morgan fingerprint density at radius 3 is 2.61 bits per heavy atom. The van der Waals surface area contributed by atoms with E-state index in [4.69, 9.17) is 9.84 Å². The molecule has 3 aromatic carbocycles. The number of aromatic nitrogens is 2. The molecule has 0 saturated heterocycles. The lowest BCUT2D eigenvalue weighted by atomic mass is 10.1. The van der Waals surface area contributed by atoms with E-state index in [1.807, 2.05) is 66.9 Å². The predicted octanol–water partition coefficient (Wildman–Crippen LogP) is 5.85.